The Kier molecular flexibility index (Phi) is 6.29. The van der Waals surface area contributed by atoms with Crippen molar-refractivity contribution in [3.8, 4) is 5.75 Å². The predicted molar refractivity (Wildman–Crippen MR) is 111 cm³/mol. The number of hydrogen-bond donors (Lipinski definition) is 2. The summed E-state index contributed by atoms with van der Waals surface area (Å²) in [7, 11) is 0. The molecule has 0 aromatic heterocycles. The molecule has 0 spiro atoms. The molecule has 3 aromatic carbocycles. The van der Waals surface area contributed by atoms with E-state index in [1.165, 1.54) is 6.92 Å². The molecular formula is C22H19ClN2O3. The Morgan fingerprint density at radius 3 is 2.11 bits per heavy atom. The fourth-order valence-electron chi connectivity index (χ4n) is 2.52. The average molecular weight is 395 g/mol. The van der Waals surface area contributed by atoms with Crippen molar-refractivity contribution in [3.05, 3.63) is 88.9 Å². The third-order valence-corrected chi connectivity index (χ3v) is 4.30. The highest BCUT2D eigenvalue weighted by Gasteiger charge is 2.07. The fourth-order valence-corrected chi connectivity index (χ4v) is 2.71. The van der Waals surface area contributed by atoms with Gasteiger partial charge in [-0.25, -0.2) is 0 Å². The first kappa shape index (κ1) is 19.5. The maximum absolute atomic E-state index is 12.3. The van der Waals surface area contributed by atoms with E-state index in [1.807, 2.05) is 24.3 Å². The maximum Gasteiger partial charge on any atom is 0.255 e. The molecule has 0 radical (unpaired) electrons. The van der Waals surface area contributed by atoms with Crippen LogP contribution in [0.25, 0.3) is 0 Å². The van der Waals surface area contributed by atoms with E-state index in [0.717, 1.165) is 5.56 Å². The van der Waals surface area contributed by atoms with Crippen LogP contribution in [0.2, 0.25) is 5.02 Å². The Morgan fingerprint density at radius 1 is 0.857 bits per heavy atom. The zero-order valence-electron chi connectivity index (χ0n) is 15.2. The van der Waals surface area contributed by atoms with Crippen molar-refractivity contribution >= 4 is 34.8 Å². The molecule has 2 N–H and O–H groups in total. The Bertz CT molecular complexity index is 970. The van der Waals surface area contributed by atoms with Crippen LogP contribution in [0.3, 0.4) is 0 Å². The summed E-state index contributed by atoms with van der Waals surface area (Å²) in [4.78, 5) is 23.4. The summed E-state index contributed by atoms with van der Waals surface area (Å²) in [6.07, 6.45) is 0. The van der Waals surface area contributed by atoms with Crippen molar-refractivity contribution < 1.29 is 14.3 Å². The number of carbonyl (C=O) groups excluding carboxylic acids is 2. The summed E-state index contributed by atoms with van der Waals surface area (Å²) in [5.41, 5.74) is 2.70. The summed E-state index contributed by atoms with van der Waals surface area (Å²) in [5.74, 6) is 0.283. The van der Waals surface area contributed by atoms with E-state index in [-0.39, 0.29) is 11.8 Å². The number of carbonyl (C=O) groups is 2. The van der Waals surface area contributed by atoms with Crippen LogP contribution in [0.15, 0.2) is 72.8 Å². The highest BCUT2D eigenvalue weighted by molar-refractivity contribution is 6.31. The van der Waals surface area contributed by atoms with Crippen LogP contribution in [0.1, 0.15) is 22.8 Å². The Balaban J connectivity index is 1.57. The number of amides is 2. The van der Waals surface area contributed by atoms with Gasteiger partial charge < -0.3 is 15.4 Å². The summed E-state index contributed by atoms with van der Waals surface area (Å²) in [5, 5.41) is 6.15. The van der Waals surface area contributed by atoms with Gasteiger partial charge in [0.25, 0.3) is 5.91 Å². The van der Waals surface area contributed by atoms with Crippen LogP contribution in [0.5, 0.6) is 5.75 Å². The molecule has 6 heteroatoms. The number of nitrogens with one attached hydrogen (secondary N) is 2. The van der Waals surface area contributed by atoms with Crippen molar-refractivity contribution in [2.45, 2.75) is 13.5 Å². The monoisotopic (exact) mass is 394 g/mol. The van der Waals surface area contributed by atoms with Gasteiger partial charge in [0.05, 0.1) is 0 Å². The first-order valence-electron chi connectivity index (χ1n) is 8.66. The summed E-state index contributed by atoms with van der Waals surface area (Å²) < 4.78 is 5.73. The molecule has 0 aliphatic heterocycles. The minimum Gasteiger partial charge on any atom is -0.489 e. The standard InChI is InChI=1S/C22H19ClN2O3/c1-15(26)24-18-8-6-16(7-9-18)22(27)25-19-10-12-20(13-11-19)28-14-17-4-2-3-5-21(17)23/h2-13H,14H2,1H3,(H,24,26)(H,25,27). The molecule has 2 amide bonds. The van der Waals surface area contributed by atoms with Gasteiger partial charge in [-0.05, 0) is 54.6 Å². The zero-order valence-corrected chi connectivity index (χ0v) is 16.0. The van der Waals surface area contributed by atoms with E-state index in [1.54, 1.807) is 48.5 Å². The Hall–Kier alpha value is -3.31. The number of ether oxygens (including phenoxy) is 1. The van der Waals surface area contributed by atoms with Gasteiger partial charge in [-0.3, -0.25) is 9.59 Å². The number of halogens is 1. The van der Waals surface area contributed by atoms with Gasteiger partial charge in [0.15, 0.2) is 0 Å². The Morgan fingerprint density at radius 2 is 1.46 bits per heavy atom. The van der Waals surface area contributed by atoms with Gasteiger partial charge in [-0.1, -0.05) is 29.8 Å². The molecule has 0 atom stereocenters. The maximum atomic E-state index is 12.3. The average Bonchev–Trinajstić information content (AvgIpc) is 2.68. The lowest BCUT2D eigenvalue weighted by Crippen LogP contribution is -2.12. The first-order chi connectivity index (χ1) is 13.5. The normalized spacial score (nSPS) is 10.2. The van der Waals surface area contributed by atoms with Gasteiger partial charge in [0.2, 0.25) is 5.91 Å². The molecule has 3 rings (SSSR count). The number of hydrogen-bond acceptors (Lipinski definition) is 3. The lowest BCUT2D eigenvalue weighted by Gasteiger charge is -2.10. The van der Waals surface area contributed by atoms with Crippen LogP contribution in [-0.4, -0.2) is 11.8 Å². The number of rotatable bonds is 6. The second kappa shape index (κ2) is 9.06. The van der Waals surface area contributed by atoms with E-state index < -0.39 is 0 Å². The predicted octanol–water partition coefficient (Wildman–Crippen LogP) is 5.13. The second-order valence-electron chi connectivity index (χ2n) is 6.12. The number of anilines is 2. The summed E-state index contributed by atoms with van der Waals surface area (Å²) in [6, 6.07) is 21.3. The molecule has 3 aromatic rings. The third kappa shape index (κ3) is 5.34. The van der Waals surface area contributed by atoms with Crippen molar-refractivity contribution in [1.29, 1.82) is 0 Å². The van der Waals surface area contributed by atoms with Crippen LogP contribution in [0, 0.1) is 0 Å². The lowest BCUT2D eigenvalue weighted by molar-refractivity contribution is -0.114. The molecule has 5 nitrogen and oxygen atoms in total. The zero-order chi connectivity index (χ0) is 19.9. The van der Waals surface area contributed by atoms with Crippen LogP contribution >= 0.6 is 11.6 Å². The summed E-state index contributed by atoms with van der Waals surface area (Å²) in [6.45, 7) is 1.80. The molecule has 0 unspecified atom stereocenters. The molecule has 0 saturated heterocycles. The van der Waals surface area contributed by atoms with Crippen molar-refractivity contribution in [3.63, 3.8) is 0 Å². The van der Waals surface area contributed by atoms with Gasteiger partial charge >= 0.3 is 0 Å². The molecule has 0 fully saturated rings. The van der Waals surface area contributed by atoms with Crippen molar-refractivity contribution in [1.82, 2.24) is 0 Å². The van der Waals surface area contributed by atoms with Gasteiger partial charge in [-0.15, -0.1) is 0 Å². The molecular weight excluding hydrogens is 376 g/mol. The highest BCUT2D eigenvalue weighted by Crippen LogP contribution is 2.21. The van der Waals surface area contributed by atoms with Crippen molar-refractivity contribution in [2.24, 2.45) is 0 Å². The molecule has 0 saturated carbocycles. The molecule has 0 aliphatic rings. The Labute approximate surface area is 168 Å². The fraction of sp³-hybridized carbons (Fsp3) is 0.0909. The van der Waals surface area contributed by atoms with Crippen LogP contribution in [-0.2, 0) is 11.4 Å². The second-order valence-corrected chi connectivity index (χ2v) is 6.52. The van der Waals surface area contributed by atoms with E-state index >= 15 is 0 Å². The topological polar surface area (TPSA) is 67.4 Å². The minimum absolute atomic E-state index is 0.158. The quantitative estimate of drug-likeness (QED) is 0.609. The van der Waals surface area contributed by atoms with E-state index in [4.69, 9.17) is 16.3 Å². The van der Waals surface area contributed by atoms with Gasteiger partial charge in [0, 0.05) is 34.4 Å². The van der Waals surface area contributed by atoms with Crippen LogP contribution < -0.4 is 15.4 Å². The summed E-state index contributed by atoms with van der Waals surface area (Å²) >= 11 is 6.12. The SMILES string of the molecule is CC(=O)Nc1ccc(C(=O)Nc2ccc(OCc3ccccc3Cl)cc2)cc1. The first-order valence-corrected chi connectivity index (χ1v) is 9.04. The molecule has 28 heavy (non-hydrogen) atoms. The molecule has 0 heterocycles. The van der Waals surface area contributed by atoms with Gasteiger partial charge in [0.1, 0.15) is 12.4 Å². The third-order valence-electron chi connectivity index (χ3n) is 3.93. The largest absolute Gasteiger partial charge is 0.489 e. The van der Waals surface area contributed by atoms with Crippen LogP contribution in [0.4, 0.5) is 11.4 Å². The van der Waals surface area contributed by atoms with E-state index in [0.29, 0.717) is 34.3 Å². The smallest absolute Gasteiger partial charge is 0.255 e. The van der Waals surface area contributed by atoms with Crippen molar-refractivity contribution in [2.75, 3.05) is 10.6 Å². The number of benzene rings is 3. The molecule has 0 aliphatic carbocycles. The molecule has 142 valence electrons. The molecule has 0 bridgehead atoms. The van der Waals surface area contributed by atoms with E-state index in [9.17, 15) is 9.59 Å². The van der Waals surface area contributed by atoms with E-state index in [2.05, 4.69) is 10.6 Å². The van der Waals surface area contributed by atoms with Gasteiger partial charge in [-0.2, -0.15) is 0 Å². The lowest BCUT2D eigenvalue weighted by atomic mass is 10.2. The minimum atomic E-state index is -0.237. The highest BCUT2D eigenvalue weighted by atomic mass is 35.5.